The zero-order chi connectivity index (χ0) is 14.8. The van der Waals surface area contributed by atoms with Crippen LogP contribution in [0.4, 0.5) is 0 Å². The average Bonchev–Trinajstić information content (AvgIpc) is 2.81. The van der Waals surface area contributed by atoms with Crippen LogP contribution < -0.4 is 4.72 Å². The van der Waals surface area contributed by atoms with Gasteiger partial charge >= 0.3 is 5.97 Å². The summed E-state index contributed by atoms with van der Waals surface area (Å²) in [6.07, 6.45) is 6.90. The van der Waals surface area contributed by atoms with Crippen molar-refractivity contribution in [3.8, 4) is 0 Å². The number of carboxylic acid groups (broad SMARTS) is 1. The standard InChI is InChI=1S/C13H17NO5S/c1-9-12(7-11(19-9)13(15)16)20(17,18)14-8-10-5-3-2-4-6-10/h2-3,7,10,14H,4-6,8H2,1H3,(H,15,16)/t10-/m1/s1. The van der Waals surface area contributed by atoms with Gasteiger partial charge in [0.1, 0.15) is 10.7 Å². The first-order valence-corrected chi connectivity index (χ1v) is 7.87. The van der Waals surface area contributed by atoms with E-state index in [1.807, 2.05) is 6.08 Å². The van der Waals surface area contributed by atoms with E-state index in [-0.39, 0.29) is 22.3 Å². The minimum atomic E-state index is -3.73. The van der Waals surface area contributed by atoms with Crippen LogP contribution in [0.3, 0.4) is 0 Å². The SMILES string of the molecule is Cc1oc(C(=O)O)cc1S(=O)(=O)NC[C@@H]1CC=CCC1. The van der Waals surface area contributed by atoms with Gasteiger partial charge in [0.25, 0.3) is 0 Å². The number of furan rings is 1. The van der Waals surface area contributed by atoms with E-state index in [1.54, 1.807) is 0 Å². The third-order valence-corrected chi connectivity index (χ3v) is 4.84. The number of carboxylic acids is 1. The molecular weight excluding hydrogens is 282 g/mol. The summed E-state index contributed by atoms with van der Waals surface area (Å²) in [5.41, 5.74) is 0. The molecule has 1 aromatic heterocycles. The fourth-order valence-corrected chi connectivity index (χ4v) is 3.48. The fraction of sp³-hybridized carbons (Fsp3) is 0.462. The van der Waals surface area contributed by atoms with Crippen molar-refractivity contribution in [3.05, 3.63) is 29.7 Å². The molecule has 1 atom stereocenters. The molecular formula is C13H17NO5S. The zero-order valence-corrected chi connectivity index (χ0v) is 11.9. The van der Waals surface area contributed by atoms with Crippen LogP contribution >= 0.6 is 0 Å². The second-order valence-corrected chi connectivity index (χ2v) is 6.57. The summed E-state index contributed by atoms with van der Waals surface area (Å²) < 4.78 is 31.7. The van der Waals surface area contributed by atoms with Crippen molar-refractivity contribution >= 4 is 16.0 Å². The lowest BCUT2D eigenvalue weighted by Crippen LogP contribution is -2.30. The highest BCUT2D eigenvalue weighted by atomic mass is 32.2. The predicted molar refractivity (Wildman–Crippen MR) is 72.1 cm³/mol. The van der Waals surface area contributed by atoms with Crippen LogP contribution in [0, 0.1) is 12.8 Å². The molecule has 0 bridgehead atoms. The van der Waals surface area contributed by atoms with Gasteiger partial charge < -0.3 is 9.52 Å². The summed E-state index contributed by atoms with van der Waals surface area (Å²) in [7, 11) is -3.73. The molecule has 0 fully saturated rings. The maximum atomic E-state index is 12.1. The maximum absolute atomic E-state index is 12.1. The number of nitrogens with one attached hydrogen (secondary N) is 1. The van der Waals surface area contributed by atoms with E-state index in [4.69, 9.17) is 9.52 Å². The molecule has 0 aliphatic heterocycles. The molecule has 20 heavy (non-hydrogen) atoms. The number of aryl methyl sites for hydroxylation is 1. The quantitative estimate of drug-likeness (QED) is 0.810. The highest BCUT2D eigenvalue weighted by Crippen LogP contribution is 2.21. The third-order valence-electron chi connectivity index (χ3n) is 3.31. The van der Waals surface area contributed by atoms with Gasteiger partial charge in [-0.1, -0.05) is 12.2 Å². The Morgan fingerprint density at radius 2 is 2.25 bits per heavy atom. The van der Waals surface area contributed by atoms with Crippen LogP contribution in [0.15, 0.2) is 27.5 Å². The molecule has 110 valence electrons. The molecule has 0 spiro atoms. The van der Waals surface area contributed by atoms with Gasteiger partial charge in [0, 0.05) is 12.6 Å². The van der Waals surface area contributed by atoms with Crippen molar-refractivity contribution in [3.63, 3.8) is 0 Å². The molecule has 1 aromatic rings. The monoisotopic (exact) mass is 299 g/mol. The van der Waals surface area contributed by atoms with Gasteiger partial charge in [-0.2, -0.15) is 0 Å². The molecule has 1 aliphatic rings. The molecule has 2 N–H and O–H groups in total. The molecule has 0 radical (unpaired) electrons. The number of rotatable bonds is 5. The molecule has 0 saturated heterocycles. The Kier molecular flexibility index (Phi) is 4.29. The molecule has 0 unspecified atom stereocenters. The van der Waals surface area contributed by atoms with Crippen molar-refractivity contribution in [1.29, 1.82) is 0 Å². The van der Waals surface area contributed by atoms with E-state index in [1.165, 1.54) is 6.92 Å². The largest absolute Gasteiger partial charge is 0.475 e. The van der Waals surface area contributed by atoms with Crippen LogP contribution in [0.5, 0.6) is 0 Å². The summed E-state index contributed by atoms with van der Waals surface area (Å²) in [4.78, 5) is 10.7. The van der Waals surface area contributed by atoms with E-state index in [2.05, 4.69) is 10.8 Å². The Morgan fingerprint density at radius 3 is 2.80 bits per heavy atom. The van der Waals surface area contributed by atoms with Crippen LogP contribution in [0.25, 0.3) is 0 Å². The van der Waals surface area contributed by atoms with Crippen LogP contribution in [-0.4, -0.2) is 26.0 Å². The van der Waals surface area contributed by atoms with Crippen LogP contribution in [0.1, 0.15) is 35.6 Å². The molecule has 1 heterocycles. The summed E-state index contributed by atoms with van der Waals surface area (Å²) >= 11 is 0. The van der Waals surface area contributed by atoms with Gasteiger partial charge in [-0.25, -0.2) is 17.9 Å². The second kappa shape index (κ2) is 5.80. The fourth-order valence-electron chi connectivity index (χ4n) is 2.18. The Labute approximate surface area is 117 Å². The molecule has 2 rings (SSSR count). The molecule has 6 nitrogen and oxygen atoms in total. The lowest BCUT2D eigenvalue weighted by Gasteiger charge is -2.17. The van der Waals surface area contributed by atoms with Gasteiger partial charge in [0.05, 0.1) is 0 Å². The normalized spacial score (nSPS) is 19.1. The Balaban J connectivity index is 2.09. The summed E-state index contributed by atoms with van der Waals surface area (Å²) in [6.45, 7) is 1.78. The van der Waals surface area contributed by atoms with Crippen LogP contribution in [-0.2, 0) is 10.0 Å². The second-order valence-electron chi connectivity index (χ2n) is 4.84. The Hall–Kier alpha value is -1.60. The van der Waals surface area contributed by atoms with Crippen molar-refractivity contribution < 1.29 is 22.7 Å². The third kappa shape index (κ3) is 3.29. The van der Waals surface area contributed by atoms with Gasteiger partial charge in [-0.15, -0.1) is 0 Å². The number of hydrogen-bond acceptors (Lipinski definition) is 4. The van der Waals surface area contributed by atoms with Crippen molar-refractivity contribution in [1.82, 2.24) is 4.72 Å². The van der Waals surface area contributed by atoms with E-state index < -0.39 is 16.0 Å². The first-order valence-electron chi connectivity index (χ1n) is 6.38. The smallest absolute Gasteiger partial charge is 0.371 e. The number of aromatic carboxylic acids is 1. The molecule has 0 amide bonds. The molecule has 0 aromatic carbocycles. The van der Waals surface area contributed by atoms with Gasteiger partial charge in [0.15, 0.2) is 0 Å². The highest BCUT2D eigenvalue weighted by molar-refractivity contribution is 7.89. The zero-order valence-electron chi connectivity index (χ0n) is 11.1. The number of sulfonamides is 1. The van der Waals surface area contributed by atoms with E-state index in [0.717, 1.165) is 25.3 Å². The average molecular weight is 299 g/mol. The predicted octanol–water partition coefficient (Wildman–Crippen LogP) is 1.92. The summed E-state index contributed by atoms with van der Waals surface area (Å²) in [5.74, 6) is -1.30. The van der Waals surface area contributed by atoms with E-state index in [9.17, 15) is 13.2 Å². The van der Waals surface area contributed by atoms with E-state index >= 15 is 0 Å². The van der Waals surface area contributed by atoms with Gasteiger partial charge in [0.2, 0.25) is 15.8 Å². The lowest BCUT2D eigenvalue weighted by molar-refractivity contribution is 0.0661. The van der Waals surface area contributed by atoms with Gasteiger partial charge in [-0.05, 0) is 32.1 Å². The van der Waals surface area contributed by atoms with Gasteiger partial charge in [-0.3, -0.25) is 0 Å². The van der Waals surface area contributed by atoms with Crippen LogP contribution in [0.2, 0.25) is 0 Å². The maximum Gasteiger partial charge on any atom is 0.371 e. The topological polar surface area (TPSA) is 96.6 Å². The summed E-state index contributed by atoms with van der Waals surface area (Å²) in [6, 6.07) is 1.04. The molecule has 0 saturated carbocycles. The highest BCUT2D eigenvalue weighted by Gasteiger charge is 2.24. The Morgan fingerprint density at radius 1 is 1.50 bits per heavy atom. The van der Waals surface area contributed by atoms with E-state index in [0.29, 0.717) is 6.54 Å². The molecule has 7 heteroatoms. The Bertz CT molecular complexity index is 629. The first-order chi connectivity index (χ1) is 9.40. The minimum absolute atomic E-state index is 0.0819. The summed E-state index contributed by atoms with van der Waals surface area (Å²) in [5, 5.41) is 8.81. The van der Waals surface area contributed by atoms with Crippen molar-refractivity contribution in [2.24, 2.45) is 5.92 Å². The number of allylic oxidation sites excluding steroid dienone is 2. The molecule has 1 aliphatic carbocycles. The number of hydrogen-bond donors (Lipinski definition) is 2. The van der Waals surface area contributed by atoms with Crippen molar-refractivity contribution in [2.75, 3.05) is 6.54 Å². The van der Waals surface area contributed by atoms with Crippen molar-refractivity contribution in [2.45, 2.75) is 31.1 Å². The number of carbonyl (C=O) groups is 1. The first kappa shape index (κ1) is 14.8. The lowest BCUT2D eigenvalue weighted by atomic mass is 9.95. The minimum Gasteiger partial charge on any atom is -0.475 e.